The lowest BCUT2D eigenvalue weighted by molar-refractivity contribution is 0.241. The van der Waals surface area contributed by atoms with Gasteiger partial charge in [-0.25, -0.2) is 4.39 Å². The molecule has 2 heterocycles. The van der Waals surface area contributed by atoms with Gasteiger partial charge >= 0.3 is 0 Å². The van der Waals surface area contributed by atoms with Crippen LogP contribution in [0.1, 0.15) is 48.4 Å². The predicted octanol–water partition coefficient (Wildman–Crippen LogP) is 4.02. The minimum atomic E-state index is -0.124. The number of aromatic nitrogens is 1. The Morgan fingerprint density at radius 1 is 1.38 bits per heavy atom. The molecule has 0 amide bonds. The molecule has 1 aliphatic heterocycles. The highest BCUT2D eigenvalue weighted by Crippen LogP contribution is 2.37. The zero-order valence-corrected chi connectivity index (χ0v) is 12.6. The maximum atomic E-state index is 13.9. The summed E-state index contributed by atoms with van der Waals surface area (Å²) >= 11 is 0. The number of nitrogens with zero attached hydrogens (tertiary/aromatic N) is 2. The summed E-state index contributed by atoms with van der Waals surface area (Å²) in [6.07, 6.45) is 3.07. The van der Waals surface area contributed by atoms with Gasteiger partial charge in [0.1, 0.15) is 11.6 Å². The van der Waals surface area contributed by atoms with Gasteiger partial charge in [0.05, 0.1) is 5.69 Å². The molecular weight excluding hydrogens is 267 g/mol. The molecule has 1 atom stereocenters. The Morgan fingerprint density at radius 3 is 2.95 bits per heavy atom. The van der Waals surface area contributed by atoms with Gasteiger partial charge in [-0.3, -0.25) is 4.90 Å². The summed E-state index contributed by atoms with van der Waals surface area (Å²) in [7, 11) is 0. The maximum absolute atomic E-state index is 13.9. The molecule has 0 bridgehead atoms. The minimum absolute atomic E-state index is 0.124. The number of likely N-dealkylation sites (tertiary alicyclic amines) is 1. The van der Waals surface area contributed by atoms with Gasteiger partial charge in [-0.2, -0.15) is 0 Å². The van der Waals surface area contributed by atoms with Crippen LogP contribution >= 0.6 is 0 Å². The van der Waals surface area contributed by atoms with Crippen molar-refractivity contribution in [3.8, 4) is 0 Å². The zero-order chi connectivity index (χ0) is 14.8. The number of aryl methyl sites for hydroxylation is 2. The lowest BCUT2D eigenvalue weighted by Crippen LogP contribution is -2.24. The van der Waals surface area contributed by atoms with E-state index in [4.69, 9.17) is 4.52 Å². The third-order valence-corrected chi connectivity index (χ3v) is 4.33. The van der Waals surface area contributed by atoms with E-state index in [9.17, 15) is 4.39 Å². The van der Waals surface area contributed by atoms with Crippen LogP contribution in [0.25, 0.3) is 0 Å². The third-order valence-electron chi connectivity index (χ3n) is 4.33. The number of benzene rings is 1. The molecule has 0 saturated carbocycles. The quantitative estimate of drug-likeness (QED) is 0.851. The Morgan fingerprint density at radius 2 is 2.19 bits per heavy atom. The molecule has 0 spiro atoms. The van der Waals surface area contributed by atoms with E-state index in [2.05, 4.69) is 17.0 Å². The van der Waals surface area contributed by atoms with Gasteiger partial charge in [-0.15, -0.1) is 0 Å². The molecule has 0 N–H and O–H groups in total. The van der Waals surface area contributed by atoms with E-state index in [1.807, 2.05) is 19.1 Å². The molecule has 1 aliphatic rings. The van der Waals surface area contributed by atoms with Gasteiger partial charge in [0.2, 0.25) is 0 Å². The van der Waals surface area contributed by atoms with Crippen molar-refractivity contribution in [2.45, 2.75) is 45.7 Å². The maximum Gasteiger partial charge on any atom is 0.141 e. The standard InChI is InChI=1S/C17H21FN2O/c1-3-16-17(12(2)19-21-16)15-9-6-10-20(15)11-13-7-4-5-8-14(13)18/h4-5,7-8,15H,3,6,9-11H2,1-2H3/t15-/m0/s1. The Kier molecular flexibility index (Phi) is 4.06. The Balaban J connectivity index is 1.86. The van der Waals surface area contributed by atoms with Crippen molar-refractivity contribution in [1.29, 1.82) is 0 Å². The SMILES string of the molecule is CCc1onc(C)c1[C@@H]1CCCN1Cc1ccccc1F. The van der Waals surface area contributed by atoms with Crippen molar-refractivity contribution < 1.29 is 8.91 Å². The van der Waals surface area contributed by atoms with Gasteiger partial charge < -0.3 is 4.52 Å². The number of halogens is 1. The van der Waals surface area contributed by atoms with Crippen LogP contribution in [0.4, 0.5) is 4.39 Å². The first-order valence-corrected chi connectivity index (χ1v) is 7.63. The molecule has 3 rings (SSSR count). The molecule has 0 aliphatic carbocycles. The molecule has 0 radical (unpaired) electrons. The van der Waals surface area contributed by atoms with Crippen molar-refractivity contribution in [2.75, 3.05) is 6.54 Å². The number of rotatable bonds is 4. The summed E-state index contributed by atoms with van der Waals surface area (Å²) < 4.78 is 19.3. The number of hydrogen-bond acceptors (Lipinski definition) is 3. The second-order valence-electron chi connectivity index (χ2n) is 5.68. The van der Waals surface area contributed by atoms with Gasteiger partial charge in [0.25, 0.3) is 0 Å². The first-order valence-electron chi connectivity index (χ1n) is 7.63. The van der Waals surface area contributed by atoms with Crippen molar-refractivity contribution in [3.63, 3.8) is 0 Å². The van der Waals surface area contributed by atoms with Crippen LogP contribution < -0.4 is 0 Å². The van der Waals surface area contributed by atoms with Crippen LogP contribution in [0.2, 0.25) is 0 Å². The monoisotopic (exact) mass is 288 g/mol. The van der Waals surface area contributed by atoms with Crippen molar-refractivity contribution in [2.24, 2.45) is 0 Å². The zero-order valence-electron chi connectivity index (χ0n) is 12.6. The molecular formula is C17H21FN2O. The van der Waals surface area contributed by atoms with Crippen LogP contribution in [0.5, 0.6) is 0 Å². The first-order chi connectivity index (χ1) is 10.2. The minimum Gasteiger partial charge on any atom is -0.361 e. The largest absolute Gasteiger partial charge is 0.361 e. The summed E-state index contributed by atoms with van der Waals surface area (Å²) in [4.78, 5) is 2.34. The third kappa shape index (κ3) is 2.72. The molecule has 1 saturated heterocycles. The molecule has 3 nitrogen and oxygen atoms in total. The van der Waals surface area contributed by atoms with Crippen LogP contribution in [0.3, 0.4) is 0 Å². The second-order valence-corrected chi connectivity index (χ2v) is 5.68. The van der Waals surface area contributed by atoms with Crippen molar-refractivity contribution in [3.05, 3.63) is 52.7 Å². The summed E-state index contributed by atoms with van der Waals surface area (Å²) in [5, 5.41) is 4.12. The van der Waals surface area contributed by atoms with Crippen LogP contribution in [0, 0.1) is 12.7 Å². The van der Waals surface area contributed by atoms with E-state index in [0.717, 1.165) is 42.8 Å². The van der Waals surface area contributed by atoms with Crippen LogP contribution in [-0.4, -0.2) is 16.6 Å². The topological polar surface area (TPSA) is 29.3 Å². The lowest BCUT2D eigenvalue weighted by atomic mass is 10.0. The molecule has 112 valence electrons. The molecule has 2 aromatic rings. The normalized spacial score (nSPS) is 19.3. The molecule has 1 aromatic heterocycles. The fraction of sp³-hybridized carbons (Fsp3) is 0.471. The van der Waals surface area contributed by atoms with Gasteiger partial charge in [-0.1, -0.05) is 30.3 Å². The van der Waals surface area contributed by atoms with Crippen molar-refractivity contribution >= 4 is 0 Å². The van der Waals surface area contributed by atoms with Crippen LogP contribution in [-0.2, 0) is 13.0 Å². The summed E-state index contributed by atoms with van der Waals surface area (Å²) in [5.74, 6) is 0.846. The Bertz CT molecular complexity index is 623. The first kappa shape index (κ1) is 14.3. The highest BCUT2D eigenvalue weighted by molar-refractivity contribution is 5.28. The average Bonchev–Trinajstić information content (AvgIpc) is 3.07. The van der Waals surface area contributed by atoms with E-state index in [1.54, 1.807) is 6.07 Å². The van der Waals surface area contributed by atoms with E-state index in [-0.39, 0.29) is 5.82 Å². The second kappa shape index (κ2) is 5.98. The number of hydrogen-bond donors (Lipinski definition) is 0. The van der Waals surface area contributed by atoms with Crippen molar-refractivity contribution in [1.82, 2.24) is 10.1 Å². The smallest absolute Gasteiger partial charge is 0.141 e. The van der Waals surface area contributed by atoms with Crippen LogP contribution in [0.15, 0.2) is 28.8 Å². The summed E-state index contributed by atoms with van der Waals surface area (Å²) in [6, 6.07) is 7.32. The fourth-order valence-corrected chi connectivity index (χ4v) is 3.29. The van der Waals surface area contributed by atoms with E-state index < -0.39 is 0 Å². The molecule has 21 heavy (non-hydrogen) atoms. The van der Waals surface area contributed by atoms with E-state index in [0.29, 0.717) is 12.6 Å². The fourth-order valence-electron chi connectivity index (χ4n) is 3.29. The summed E-state index contributed by atoms with van der Waals surface area (Å²) in [5.41, 5.74) is 2.94. The molecule has 0 unspecified atom stereocenters. The van der Waals surface area contributed by atoms with E-state index >= 15 is 0 Å². The van der Waals surface area contributed by atoms with Gasteiger partial charge in [0, 0.05) is 30.1 Å². The highest BCUT2D eigenvalue weighted by atomic mass is 19.1. The Hall–Kier alpha value is -1.68. The highest BCUT2D eigenvalue weighted by Gasteiger charge is 2.31. The molecule has 1 aromatic carbocycles. The van der Waals surface area contributed by atoms with E-state index in [1.165, 1.54) is 11.6 Å². The lowest BCUT2D eigenvalue weighted by Gasteiger charge is -2.25. The summed E-state index contributed by atoms with van der Waals surface area (Å²) in [6.45, 7) is 5.72. The van der Waals surface area contributed by atoms with Gasteiger partial charge in [-0.05, 0) is 32.4 Å². The average molecular weight is 288 g/mol. The predicted molar refractivity (Wildman–Crippen MR) is 79.4 cm³/mol. The molecule has 1 fully saturated rings. The Labute approximate surface area is 124 Å². The molecule has 4 heteroatoms. The van der Waals surface area contributed by atoms with Gasteiger partial charge in [0.15, 0.2) is 0 Å².